The maximum absolute atomic E-state index is 12.0. The van der Waals surface area contributed by atoms with Crippen molar-refractivity contribution >= 4 is 5.91 Å². The monoisotopic (exact) mass is 296 g/mol. The van der Waals surface area contributed by atoms with Gasteiger partial charge in [-0.25, -0.2) is 4.98 Å². The predicted octanol–water partition coefficient (Wildman–Crippen LogP) is 2.28. The van der Waals surface area contributed by atoms with Crippen LogP contribution in [0.25, 0.3) is 11.3 Å². The molecule has 3 aromatic rings. The van der Waals surface area contributed by atoms with Gasteiger partial charge in [0.25, 0.3) is 5.91 Å². The second-order valence-corrected chi connectivity index (χ2v) is 4.87. The van der Waals surface area contributed by atoms with E-state index in [0.717, 1.165) is 11.4 Å². The second-order valence-electron chi connectivity index (χ2n) is 4.87. The lowest BCUT2D eigenvalue weighted by molar-refractivity contribution is 0.0943. The highest BCUT2D eigenvalue weighted by molar-refractivity contribution is 5.93. The average Bonchev–Trinajstić information content (AvgIpc) is 3.18. The molecule has 1 aromatic carbocycles. The maximum Gasteiger partial charge on any atom is 0.273 e. The van der Waals surface area contributed by atoms with E-state index < -0.39 is 0 Å². The number of carbonyl (C=O) groups is 1. The number of nitrogens with zero attached hydrogens (tertiary/aromatic N) is 3. The molecule has 0 unspecified atom stereocenters. The largest absolute Gasteiger partial charge is 0.355 e. The van der Waals surface area contributed by atoms with Crippen LogP contribution in [0.2, 0.25) is 0 Å². The number of amides is 1. The molecular weight excluding hydrogens is 280 g/mol. The molecule has 0 saturated carbocycles. The molecule has 6 nitrogen and oxygen atoms in total. The normalized spacial score (nSPS) is 10.6. The van der Waals surface area contributed by atoms with Crippen LogP contribution in [0.4, 0.5) is 0 Å². The van der Waals surface area contributed by atoms with Crippen LogP contribution in [0, 0.1) is 6.92 Å². The van der Waals surface area contributed by atoms with Crippen LogP contribution in [0.15, 0.2) is 53.3 Å². The Hall–Kier alpha value is -2.89. The molecule has 2 aromatic heterocycles. The Balaban J connectivity index is 1.59. The van der Waals surface area contributed by atoms with Gasteiger partial charge in [0.2, 0.25) is 0 Å². The molecule has 0 aliphatic heterocycles. The molecule has 2 heterocycles. The van der Waals surface area contributed by atoms with Crippen LogP contribution < -0.4 is 5.32 Å². The van der Waals surface area contributed by atoms with Gasteiger partial charge in [-0.1, -0.05) is 35.5 Å². The lowest BCUT2D eigenvalue weighted by Gasteiger charge is -2.05. The van der Waals surface area contributed by atoms with Crippen molar-refractivity contribution in [3.63, 3.8) is 0 Å². The van der Waals surface area contributed by atoms with E-state index in [1.165, 1.54) is 0 Å². The molecule has 1 amide bonds. The average molecular weight is 296 g/mol. The lowest BCUT2D eigenvalue weighted by atomic mass is 10.1. The summed E-state index contributed by atoms with van der Waals surface area (Å²) in [5.41, 5.74) is 1.17. The van der Waals surface area contributed by atoms with E-state index in [-0.39, 0.29) is 11.6 Å². The van der Waals surface area contributed by atoms with Gasteiger partial charge in [0.05, 0.1) is 0 Å². The zero-order chi connectivity index (χ0) is 15.4. The molecule has 0 aliphatic rings. The summed E-state index contributed by atoms with van der Waals surface area (Å²) in [6.45, 7) is 3.09. The number of hydrogen-bond acceptors (Lipinski definition) is 4. The summed E-state index contributed by atoms with van der Waals surface area (Å²) in [5, 5.41) is 6.64. The summed E-state index contributed by atoms with van der Waals surface area (Å²) >= 11 is 0. The van der Waals surface area contributed by atoms with E-state index in [0.29, 0.717) is 18.8 Å². The fourth-order valence-electron chi connectivity index (χ4n) is 2.14. The molecule has 3 rings (SSSR count). The van der Waals surface area contributed by atoms with Crippen molar-refractivity contribution in [2.75, 3.05) is 6.54 Å². The number of hydrogen-bond donors (Lipinski definition) is 1. The highest BCUT2D eigenvalue weighted by atomic mass is 16.5. The Kier molecular flexibility index (Phi) is 4.00. The first kappa shape index (κ1) is 14.1. The summed E-state index contributed by atoms with van der Waals surface area (Å²) in [4.78, 5) is 16.2. The number of rotatable bonds is 5. The molecule has 6 heteroatoms. The van der Waals surface area contributed by atoms with Crippen molar-refractivity contribution in [3.05, 3.63) is 60.3 Å². The zero-order valence-electron chi connectivity index (χ0n) is 12.2. The van der Waals surface area contributed by atoms with Crippen molar-refractivity contribution in [1.29, 1.82) is 0 Å². The Bertz CT molecular complexity index is 761. The Morgan fingerprint density at radius 2 is 2.14 bits per heavy atom. The van der Waals surface area contributed by atoms with E-state index in [2.05, 4.69) is 15.5 Å². The summed E-state index contributed by atoms with van der Waals surface area (Å²) in [6, 6.07) is 11.2. The third-order valence-electron chi connectivity index (χ3n) is 3.36. The molecular formula is C16H16N4O2. The fourth-order valence-corrected chi connectivity index (χ4v) is 2.14. The van der Waals surface area contributed by atoms with Crippen molar-refractivity contribution in [1.82, 2.24) is 20.0 Å². The van der Waals surface area contributed by atoms with Gasteiger partial charge >= 0.3 is 0 Å². The number of carbonyl (C=O) groups excluding carboxylic acids is 1. The van der Waals surface area contributed by atoms with Gasteiger partial charge in [0.1, 0.15) is 5.82 Å². The van der Waals surface area contributed by atoms with Crippen molar-refractivity contribution in [2.24, 2.45) is 0 Å². The molecule has 0 radical (unpaired) electrons. The number of aryl methyl sites for hydroxylation is 1. The molecule has 0 fully saturated rings. The highest BCUT2D eigenvalue weighted by Crippen LogP contribution is 2.19. The first-order valence-corrected chi connectivity index (χ1v) is 7.02. The minimum atomic E-state index is -0.247. The second kappa shape index (κ2) is 6.26. The van der Waals surface area contributed by atoms with Crippen LogP contribution in [-0.4, -0.2) is 27.2 Å². The summed E-state index contributed by atoms with van der Waals surface area (Å²) in [6.07, 6.45) is 3.62. The Labute approximate surface area is 127 Å². The van der Waals surface area contributed by atoms with Crippen LogP contribution in [0.5, 0.6) is 0 Å². The molecule has 22 heavy (non-hydrogen) atoms. The minimum Gasteiger partial charge on any atom is -0.355 e. The van der Waals surface area contributed by atoms with Crippen molar-refractivity contribution in [3.8, 4) is 11.3 Å². The predicted molar refractivity (Wildman–Crippen MR) is 81.2 cm³/mol. The van der Waals surface area contributed by atoms with Gasteiger partial charge in [-0.3, -0.25) is 4.79 Å². The van der Waals surface area contributed by atoms with Crippen LogP contribution in [0.3, 0.4) is 0 Å². The van der Waals surface area contributed by atoms with E-state index in [1.54, 1.807) is 12.3 Å². The van der Waals surface area contributed by atoms with E-state index >= 15 is 0 Å². The zero-order valence-corrected chi connectivity index (χ0v) is 12.2. The summed E-state index contributed by atoms with van der Waals surface area (Å²) < 4.78 is 7.19. The quantitative estimate of drug-likeness (QED) is 0.784. The number of aromatic nitrogens is 3. The first-order valence-electron chi connectivity index (χ1n) is 7.02. The SMILES string of the molecule is Cc1nccn1CCNC(=O)c1cc(-c2ccccc2)on1. The number of benzene rings is 1. The molecule has 0 saturated heterocycles. The van der Waals surface area contributed by atoms with Crippen LogP contribution in [0.1, 0.15) is 16.3 Å². The standard InChI is InChI=1S/C16H16N4O2/c1-12-17-7-9-20(12)10-8-18-16(21)14-11-15(22-19-14)13-5-3-2-4-6-13/h2-7,9,11H,8,10H2,1H3,(H,18,21). The van der Waals surface area contributed by atoms with Crippen molar-refractivity contribution in [2.45, 2.75) is 13.5 Å². The van der Waals surface area contributed by atoms with Gasteiger partial charge in [0.15, 0.2) is 11.5 Å². The fraction of sp³-hybridized carbons (Fsp3) is 0.188. The third kappa shape index (κ3) is 3.06. The van der Waals surface area contributed by atoms with E-state index in [4.69, 9.17) is 4.52 Å². The van der Waals surface area contributed by atoms with Gasteiger partial charge < -0.3 is 14.4 Å². The lowest BCUT2D eigenvalue weighted by Crippen LogP contribution is -2.27. The topological polar surface area (TPSA) is 73.0 Å². The first-order chi connectivity index (χ1) is 10.7. The third-order valence-corrected chi connectivity index (χ3v) is 3.36. The molecule has 112 valence electrons. The van der Waals surface area contributed by atoms with Crippen LogP contribution >= 0.6 is 0 Å². The molecule has 0 aliphatic carbocycles. The number of nitrogens with one attached hydrogen (secondary N) is 1. The van der Waals surface area contributed by atoms with E-state index in [1.807, 2.05) is 48.0 Å². The van der Waals surface area contributed by atoms with Crippen molar-refractivity contribution < 1.29 is 9.32 Å². The van der Waals surface area contributed by atoms with Gasteiger partial charge in [-0.2, -0.15) is 0 Å². The van der Waals surface area contributed by atoms with Gasteiger partial charge in [-0.05, 0) is 6.92 Å². The summed E-state index contributed by atoms with van der Waals surface area (Å²) in [5.74, 6) is 1.25. The Morgan fingerprint density at radius 1 is 1.32 bits per heavy atom. The molecule has 0 atom stereocenters. The van der Waals surface area contributed by atoms with E-state index in [9.17, 15) is 4.79 Å². The van der Waals surface area contributed by atoms with Crippen LogP contribution in [-0.2, 0) is 6.54 Å². The van der Waals surface area contributed by atoms with Gasteiger partial charge in [0, 0.05) is 37.1 Å². The highest BCUT2D eigenvalue weighted by Gasteiger charge is 2.13. The Morgan fingerprint density at radius 3 is 2.86 bits per heavy atom. The van der Waals surface area contributed by atoms with Gasteiger partial charge in [-0.15, -0.1) is 0 Å². The molecule has 0 bridgehead atoms. The number of imidazole rings is 1. The maximum atomic E-state index is 12.0. The minimum absolute atomic E-state index is 0.247. The molecule has 0 spiro atoms. The summed E-state index contributed by atoms with van der Waals surface area (Å²) in [7, 11) is 0. The molecule has 1 N–H and O–H groups in total. The smallest absolute Gasteiger partial charge is 0.273 e.